The molecule has 2 aromatic rings. The van der Waals surface area contributed by atoms with Gasteiger partial charge >= 0.3 is 0 Å². The van der Waals surface area contributed by atoms with Crippen molar-refractivity contribution >= 4 is 27.5 Å². The van der Waals surface area contributed by atoms with Gasteiger partial charge in [0.15, 0.2) is 0 Å². The Bertz CT molecular complexity index is 1130. The molecule has 2 aliphatic heterocycles. The predicted octanol–water partition coefficient (Wildman–Crippen LogP) is 3.29. The Morgan fingerprint density at radius 2 is 1.66 bits per heavy atom. The first-order valence-electron chi connectivity index (χ1n) is 12.3. The lowest BCUT2D eigenvalue weighted by Crippen LogP contribution is -2.43. The first kappa shape index (κ1) is 25.2. The maximum absolute atomic E-state index is 13.1. The van der Waals surface area contributed by atoms with Gasteiger partial charge in [-0.05, 0) is 74.6 Å². The third-order valence-corrected chi connectivity index (χ3v) is 8.44. The number of carbonyl (C=O) groups excluding carboxylic acids is 2. The van der Waals surface area contributed by atoms with Crippen LogP contribution in [0.3, 0.4) is 0 Å². The quantitative estimate of drug-likeness (QED) is 0.601. The number of benzene rings is 2. The summed E-state index contributed by atoms with van der Waals surface area (Å²) in [5.74, 6) is 0.124. The Labute approximate surface area is 207 Å². The molecule has 2 amide bonds. The van der Waals surface area contributed by atoms with Crippen molar-refractivity contribution in [3.05, 3.63) is 54.1 Å². The third-order valence-electron chi connectivity index (χ3n) is 6.56. The molecular formula is C26H33N3O5S. The molecule has 1 atom stereocenters. The lowest BCUT2D eigenvalue weighted by atomic mass is 9.98. The number of sulfonamides is 1. The van der Waals surface area contributed by atoms with Crippen LogP contribution in [0.5, 0.6) is 5.75 Å². The second-order valence-electron chi connectivity index (χ2n) is 9.06. The number of piperidine rings is 1. The number of hydrogen-bond acceptors (Lipinski definition) is 5. The predicted molar refractivity (Wildman–Crippen MR) is 134 cm³/mol. The zero-order chi connectivity index (χ0) is 24.8. The van der Waals surface area contributed by atoms with Gasteiger partial charge < -0.3 is 15.0 Å². The molecule has 8 nitrogen and oxygen atoms in total. The van der Waals surface area contributed by atoms with Crippen LogP contribution in [-0.4, -0.2) is 62.2 Å². The van der Waals surface area contributed by atoms with Crippen molar-refractivity contribution in [2.24, 2.45) is 5.92 Å². The topological polar surface area (TPSA) is 96.0 Å². The van der Waals surface area contributed by atoms with E-state index in [2.05, 4.69) is 5.32 Å². The van der Waals surface area contributed by atoms with Gasteiger partial charge in [0.25, 0.3) is 0 Å². The van der Waals surface area contributed by atoms with E-state index in [9.17, 15) is 18.0 Å². The summed E-state index contributed by atoms with van der Waals surface area (Å²) in [5, 5.41) is 2.91. The standard InChI is InChI=1S/C26H33N3O5S/c1-2-34-23-11-13-24(14-12-23)35(32,33)29-17-5-6-21(19-29)26(31)27-22-9-7-20(8-10-22)18-25(30)28-15-3-4-16-28/h7-14,21H,2-6,15-19H2,1H3,(H,27,31)/t21-/m1/s1. The Morgan fingerprint density at radius 1 is 0.971 bits per heavy atom. The number of likely N-dealkylation sites (tertiary alicyclic amines) is 1. The van der Waals surface area contributed by atoms with E-state index in [0.29, 0.717) is 43.9 Å². The van der Waals surface area contributed by atoms with Gasteiger partial charge in [0.05, 0.1) is 23.8 Å². The average molecular weight is 500 g/mol. The molecule has 2 aliphatic rings. The van der Waals surface area contributed by atoms with E-state index in [4.69, 9.17) is 4.74 Å². The van der Waals surface area contributed by atoms with E-state index in [1.807, 2.05) is 24.0 Å². The summed E-state index contributed by atoms with van der Waals surface area (Å²) < 4.78 is 33.0. The lowest BCUT2D eigenvalue weighted by Gasteiger charge is -2.31. The molecule has 0 saturated carbocycles. The molecule has 0 radical (unpaired) electrons. The highest BCUT2D eigenvalue weighted by atomic mass is 32.2. The minimum atomic E-state index is -3.70. The first-order valence-corrected chi connectivity index (χ1v) is 13.7. The van der Waals surface area contributed by atoms with Crippen molar-refractivity contribution in [3.8, 4) is 5.75 Å². The fourth-order valence-corrected chi connectivity index (χ4v) is 6.13. The van der Waals surface area contributed by atoms with Crippen molar-refractivity contribution < 1.29 is 22.7 Å². The van der Waals surface area contributed by atoms with Crippen LogP contribution < -0.4 is 10.1 Å². The van der Waals surface area contributed by atoms with Crippen LogP contribution in [0.1, 0.15) is 38.2 Å². The Morgan fingerprint density at radius 3 is 2.31 bits per heavy atom. The van der Waals surface area contributed by atoms with E-state index in [0.717, 1.165) is 31.5 Å². The van der Waals surface area contributed by atoms with E-state index in [-0.39, 0.29) is 23.3 Å². The molecule has 9 heteroatoms. The van der Waals surface area contributed by atoms with Gasteiger partial charge in [0, 0.05) is 31.9 Å². The van der Waals surface area contributed by atoms with E-state index >= 15 is 0 Å². The smallest absolute Gasteiger partial charge is 0.243 e. The van der Waals surface area contributed by atoms with Crippen LogP contribution in [0.25, 0.3) is 0 Å². The average Bonchev–Trinajstić information content (AvgIpc) is 3.41. The Hall–Kier alpha value is -2.91. The summed E-state index contributed by atoms with van der Waals surface area (Å²) in [7, 11) is -3.70. The molecular weight excluding hydrogens is 466 g/mol. The minimum absolute atomic E-state index is 0.135. The second-order valence-corrected chi connectivity index (χ2v) is 11.0. The van der Waals surface area contributed by atoms with Gasteiger partial charge in [-0.2, -0.15) is 4.31 Å². The Balaban J connectivity index is 1.34. The number of ether oxygens (including phenoxy) is 1. The molecule has 0 aromatic heterocycles. The molecule has 2 aromatic carbocycles. The van der Waals surface area contributed by atoms with Gasteiger partial charge in [-0.15, -0.1) is 0 Å². The van der Waals surface area contributed by atoms with Crippen LogP contribution in [0.15, 0.2) is 53.4 Å². The van der Waals surface area contributed by atoms with Crippen molar-refractivity contribution in [1.82, 2.24) is 9.21 Å². The van der Waals surface area contributed by atoms with Crippen LogP contribution in [0, 0.1) is 5.92 Å². The highest BCUT2D eigenvalue weighted by Crippen LogP contribution is 2.26. The highest BCUT2D eigenvalue weighted by Gasteiger charge is 2.33. The highest BCUT2D eigenvalue weighted by molar-refractivity contribution is 7.89. The fourth-order valence-electron chi connectivity index (χ4n) is 4.60. The summed E-state index contributed by atoms with van der Waals surface area (Å²) in [6, 6.07) is 13.7. The molecule has 2 heterocycles. The maximum Gasteiger partial charge on any atom is 0.243 e. The zero-order valence-corrected chi connectivity index (χ0v) is 20.9. The van der Waals surface area contributed by atoms with Crippen molar-refractivity contribution in [2.45, 2.75) is 43.9 Å². The molecule has 4 rings (SSSR count). The summed E-state index contributed by atoms with van der Waals surface area (Å²) in [6.45, 7) is 4.57. The van der Waals surface area contributed by atoms with Gasteiger partial charge in [0.2, 0.25) is 21.8 Å². The largest absolute Gasteiger partial charge is 0.494 e. The third kappa shape index (κ3) is 6.21. The first-order chi connectivity index (χ1) is 16.9. The van der Waals surface area contributed by atoms with E-state index < -0.39 is 15.9 Å². The van der Waals surface area contributed by atoms with Crippen molar-refractivity contribution in [2.75, 3.05) is 38.1 Å². The van der Waals surface area contributed by atoms with Crippen LogP contribution in [0.2, 0.25) is 0 Å². The number of anilines is 1. The molecule has 0 unspecified atom stereocenters. The lowest BCUT2D eigenvalue weighted by molar-refractivity contribution is -0.129. The number of nitrogens with one attached hydrogen (secondary N) is 1. The van der Waals surface area contributed by atoms with Crippen LogP contribution >= 0.6 is 0 Å². The molecule has 0 spiro atoms. The molecule has 188 valence electrons. The van der Waals surface area contributed by atoms with Crippen LogP contribution in [0.4, 0.5) is 5.69 Å². The van der Waals surface area contributed by atoms with Crippen molar-refractivity contribution in [3.63, 3.8) is 0 Å². The molecule has 0 aliphatic carbocycles. The number of hydrogen-bond donors (Lipinski definition) is 1. The second kappa shape index (κ2) is 11.2. The summed E-state index contributed by atoms with van der Waals surface area (Å²) in [6.07, 6.45) is 3.73. The SMILES string of the molecule is CCOc1ccc(S(=O)(=O)N2CCC[C@@H](C(=O)Nc3ccc(CC(=O)N4CCCC4)cc3)C2)cc1. The number of amides is 2. The number of carbonyl (C=O) groups is 2. The van der Waals surface area contributed by atoms with Gasteiger partial charge in [-0.25, -0.2) is 8.42 Å². The summed E-state index contributed by atoms with van der Waals surface area (Å²) in [5.41, 5.74) is 1.55. The normalized spacial score (nSPS) is 18.9. The molecule has 0 bridgehead atoms. The van der Waals surface area contributed by atoms with Gasteiger partial charge in [-0.3, -0.25) is 9.59 Å². The molecule has 35 heavy (non-hydrogen) atoms. The molecule has 1 N–H and O–H groups in total. The zero-order valence-electron chi connectivity index (χ0n) is 20.1. The maximum atomic E-state index is 13.1. The van der Waals surface area contributed by atoms with Gasteiger partial charge in [0.1, 0.15) is 5.75 Å². The monoisotopic (exact) mass is 499 g/mol. The van der Waals surface area contributed by atoms with Gasteiger partial charge in [-0.1, -0.05) is 12.1 Å². The fraction of sp³-hybridized carbons (Fsp3) is 0.462. The van der Waals surface area contributed by atoms with Crippen LogP contribution in [-0.2, 0) is 26.0 Å². The molecule has 2 saturated heterocycles. The van der Waals surface area contributed by atoms with Crippen molar-refractivity contribution in [1.29, 1.82) is 0 Å². The minimum Gasteiger partial charge on any atom is -0.494 e. The number of rotatable bonds is 8. The Kier molecular flexibility index (Phi) is 8.07. The van der Waals surface area contributed by atoms with E-state index in [1.54, 1.807) is 36.4 Å². The molecule has 2 fully saturated rings. The van der Waals surface area contributed by atoms with E-state index in [1.165, 1.54) is 4.31 Å². The summed E-state index contributed by atoms with van der Waals surface area (Å²) in [4.78, 5) is 27.4. The number of nitrogens with zero attached hydrogens (tertiary/aromatic N) is 2. The summed E-state index contributed by atoms with van der Waals surface area (Å²) >= 11 is 0.